The van der Waals surface area contributed by atoms with E-state index in [1.165, 1.54) is 0 Å². The fourth-order valence-electron chi connectivity index (χ4n) is 5.08. The monoisotopic (exact) mass is 463 g/mol. The Morgan fingerprint density at radius 1 is 1.16 bits per heavy atom. The van der Waals surface area contributed by atoms with Crippen LogP contribution in [-0.4, -0.2) is 40.0 Å². The minimum Gasteiger partial charge on any atom is -0.481 e. The largest absolute Gasteiger partial charge is 0.481 e. The third kappa shape index (κ3) is 4.89. The van der Waals surface area contributed by atoms with Crippen LogP contribution >= 0.6 is 24.8 Å². The number of carbonyl (C=O) groups is 1. The average molecular weight is 464 g/mol. The fraction of sp³-hybridized carbons (Fsp3) is 0.417. The number of nitrogens with zero attached hydrogens (tertiary/aromatic N) is 2. The number of benzene rings is 1. The van der Waals surface area contributed by atoms with E-state index in [1.54, 1.807) is 0 Å². The van der Waals surface area contributed by atoms with Crippen molar-refractivity contribution in [1.29, 1.82) is 0 Å². The SMILES string of the molecule is CN(C)C1(c2ccccn2)CCC(C(Cc2c[nH]c3ccccc23)C(=O)O)CC1.Cl.Cl. The van der Waals surface area contributed by atoms with E-state index in [2.05, 4.69) is 41.1 Å². The number of hydrogen-bond donors (Lipinski definition) is 2. The Hall–Kier alpha value is -2.08. The van der Waals surface area contributed by atoms with Gasteiger partial charge in [0.1, 0.15) is 0 Å². The highest BCUT2D eigenvalue weighted by Crippen LogP contribution is 2.45. The lowest BCUT2D eigenvalue weighted by Crippen LogP contribution is -2.46. The Morgan fingerprint density at radius 3 is 2.45 bits per heavy atom. The molecule has 0 aliphatic heterocycles. The molecule has 0 amide bonds. The molecule has 31 heavy (non-hydrogen) atoms. The number of pyridine rings is 1. The van der Waals surface area contributed by atoms with Crippen LogP contribution in [0, 0.1) is 11.8 Å². The standard InChI is InChI=1S/C24H29N3O2.2ClH/c1-27(2)24(22-9-5-6-14-25-22)12-10-17(11-13-24)20(23(28)29)15-18-16-26-21-8-4-3-7-19(18)21;;/h3-9,14,16-17,20,26H,10-13,15H2,1-2H3,(H,28,29);2*1H. The Balaban J connectivity index is 0.00000171. The summed E-state index contributed by atoms with van der Waals surface area (Å²) >= 11 is 0. The molecule has 4 rings (SSSR count). The lowest BCUT2D eigenvalue weighted by atomic mass is 9.69. The van der Waals surface area contributed by atoms with Gasteiger partial charge in [0, 0.05) is 23.3 Å². The predicted octanol–water partition coefficient (Wildman–Crippen LogP) is 5.30. The van der Waals surface area contributed by atoms with Crippen LogP contribution in [0.3, 0.4) is 0 Å². The Kier molecular flexibility index (Phi) is 8.52. The van der Waals surface area contributed by atoms with Gasteiger partial charge in [-0.25, -0.2) is 0 Å². The van der Waals surface area contributed by atoms with Crippen molar-refractivity contribution < 1.29 is 9.90 Å². The number of carboxylic acids is 1. The highest BCUT2D eigenvalue weighted by molar-refractivity contribution is 5.86. The summed E-state index contributed by atoms with van der Waals surface area (Å²) in [5.74, 6) is -0.869. The van der Waals surface area contributed by atoms with Crippen LogP contribution < -0.4 is 0 Å². The lowest BCUT2D eigenvalue weighted by Gasteiger charge is -2.45. The van der Waals surface area contributed by atoms with Crippen molar-refractivity contribution in [2.45, 2.75) is 37.6 Å². The van der Waals surface area contributed by atoms with Gasteiger partial charge < -0.3 is 10.1 Å². The molecule has 1 atom stereocenters. The molecule has 1 fully saturated rings. The summed E-state index contributed by atoms with van der Waals surface area (Å²) in [4.78, 5) is 22.4. The third-order valence-corrected chi connectivity index (χ3v) is 6.86. The van der Waals surface area contributed by atoms with Gasteiger partial charge in [-0.05, 0) is 75.9 Å². The lowest BCUT2D eigenvalue weighted by molar-refractivity contribution is -0.144. The van der Waals surface area contributed by atoms with Gasteiger partial charge in [0.2, 0.25) is 0 Å². The number of aromatic amines is 1. The second-order valence-corrected chi connectivity index (χ2v) is 8.49. The molecular weight excluding hydrogens is 433 g/mol. The summed E-state index contributed by atoms with van der Waals surface area (Å²) in [6, 6.07) is 14.2. The van der Waals surface area contributed by atoms with Crippen molar-refractivity contribution in [2.24, 2.45) is 11.8 Å². The molecule has 1 unspecified atom stereocenters. The third-order valence-electron chi connectivity index (χ3n) is 6.86. The number of aliphatic carboxylic acids is 1. The molecule has 0 saturated heterocycles. The van der Waals surface area contributed by atoms with Gasteiger partial charge in [-0.1, -0.05) is 24.3 Å². The van der Waals surface area contributed by atoms with Crippen molar-refractivity contribution in [3.8, 4) is 0 Å². The minimum absolute atomic E-state index is 0. The van der Waals surface area contributed by atoms with E-state index >= 15 is 0 Å². The number of para-hydroxylation sites is 1. The van der Waals surface area contributed by atoms with E-state index in [-0.39, 0.29) is 42.2 Å². The molecule has 2 heterocycles. The number of hydrogen-bond acceptors (Lipinski definition) is 3. The van der Waals surface area contributed by atoms with Crippen LogP contribution in [0.4, 0.5) is 0 Å². The molecule has 7 heteroatoms. The van der Waals surface area contributed by atoms with Crippen LogP contribution in [0.25, 0.3) is 10.9 Å². The predicted molar refractivity (Wildman–Crippen MR) is 129 cm³/mol. The highest BCUT2D eigenvalue weighted by atomic mass is 35.5. The van der Waals surface area contributed by atoms with E-state index in [0.29, 0.717) is 6.42 Å². The van der Waals surface area contributed by atoms with Gasteiger partial charge in [0.15, 0.2) is 0 Å². The summed E-state index contributed by atoms with van der Waals surface area (Å²) in [6.45, 7) is 0. The normalized spacial score (nSPS) is 21.8. The number of rotatable bonds is 6. The van der Waals surface area contributed by atoms with Gasteiger partial charge in [0.05, 0.1) is 17.2 Å². The van der Waals surface area contributed by atoms with E-state index in [0.717, 1.165) is 47.8 Å². The molecule has 2 N–H and O–H groups in total. The molecule has 2 aromatic heterocycles. The Bertz CT molecular complexity index is 983. The van der Waals surface area contributed by atoms with E-state index in [1.807, 2.05) is 42.7 Å². The molecule has 1 aromatic carbocycles. The zero-order valence-corrected chi connectivity index (χ0v) is 19.6. The van der Waals surface area contributed by atoms with Crippen molar-refractivity contribution in [2.75, 3.05) is 14.1 Å². The van der Waals surface area contributed by atoms with Crippen molar-refractivity contribution in [3.05, 3.63) is 66.1 Å². The minimum atomic E-state index is -0.685. The first-order chi connectivity index (χ1) is 14.0. The summed E-state index contributed by atoms with van der Waals surface area (Å²) in [6.07, 6.45) is 8.05. The van der Waals surface area contributed by atoms with Crippen molar-refractivity contribution >= 4 is 41.7 Å². The fourth-order valence-corrected chi connectivity index (χ4v) is 5.08. The number of aromatic nitrogens is 2. The zero-order chi connectivity index (χ0) is 20.4. The topological polar surface area (TPSA) is 69.2 Å². The number of H-pyrrole nitrogens is 1. The molecule has 0 bridgehead atoms. The summed E-state index contributed by atoms with van der Waals surface area (Å²) in [7, 11) is 4.21. The van der Waals surface area contributed by atoms with Crippen LogP contribution in [0.5, 0.6) is 0 Å². The number of fused-ring (bicyclic) bond motifs is 1. The van der Waals surface area contributed by atoms with Crippen LogP contribution in [0.15, 0.2) is 54.9 Å². The number of carboxylic acid groups (broad SMARTS) is 1. The molecule has 3 aromatic rings. The van der Waals surface area contributed by atoms with E-state index in [4.69, 9.17) is 0 Å². The van der Waals surface area contributed by atoms with E-state index < -0.39 is 5.97 Å². The quantitative estimate of drug-likeness (QED) is 0.520. The van der Waals surface area contributed by atoms with Gasteiger partial charge in [0.25, 0.3) is 0 Å². The molecule has 0 radical (unpaired) electrons. The van der Waals surface area contributed by atoms with Gasteiger partial charge in [-0.15, -0.1) is 24.8 Å². The molecule has 1 aliphatic carbocycles. The van der Waals surface area contributed by atoms with Crippen LogP contribution in [0.2, 0.25) is 0 Å². The second-order valence-electron chi connectivity index (χ2n) is 8.49. The van der Waals surface area contributed by atoms with Gasteiger partial charge >= 0.3 is 5.97 Å². The first kappa shape index (κ1) is 25.2. The summed E-state index contributed by atoms with van der Waals surface area (Å²) in [5.41, 5.74) is 3.15. The maximum Gasteiger partial charge on any atom is 0.307 e. The molecule has 5 nitrogen and oxygen atoms in total. The smallest absolute Gasteiger partial charge is 0.307 e. The van der Waals surface area contributed by atoms with Crippen LogP contribution in [0.1, 0.15) is 36.9 Å². The zero-order valence-electron chi connectivity index (χ0n) is 18.0. The first-order valence-corrected chi connectivity index (χ1v) is 10.4. The average Bonchev–Trinajstić information content (AvgIpc) is 3.15. The molecule has 0 spiro atoms. The first-order valence-electron chi connectivity index (χ1n) is 10.4. The number of nitrogens with one attached hydrogen (secondary N) is 1. The van der Waals surface area contributed by atoms with Crippen LogP contribution in [-0.2, 0) is 16.8 Å². The number of halogens is 2. The van der Waals surface area contributed by atoms with Gasteiger partial charge in [-0.2, -0.15) is 0 Å². The second kappa shape index (κ2) is 10.5. The van der Waals surface area contributed by atoms with Gasteiger partial charge in [-0.3, -0.25) is 14.7 Å². The maximum absolute atomic E-state index is 12.2. The van der Waals surface area contributed by atoms with Crippen molar-refractivity contribution in [1.82, 2.24) is 14.9 Å². The highest BCUT2D eigenvalue weighted by Gasteiger charge is 2.42. The summed E-state index contributed by atoms with van der Waals surface area (Å²) < 4.78 is 0. The maximum atomic E-state index is 12.2. The molecule has 1 saturated carbocycles. The molecular formula is C24H31Cl2N3O2. The molecule has 168 valence electrons. The molecule has 1 aliphatic rings. The Labute approximate surface area is 196 Å². The summed E-state index contributed by atoms with van der Waals surface area (Å²) in [5, 5.41) is 11.2. The van der Waals surface area contributed by atoms with E-state index in [9.17, 15) is 9.90 Å². The van der Waals surface area contributed by atoms with Crippen molar-refractivity contribution in [3.63, 3.8) is 0 Å². The Morgan fingerprint density at radius 2 is 1.84 bits per heavy atom.